The number of amides is 1. The minimum absolute atomic E-state index is 0.101. The van der Waals surface area contributed by atoms with Crippen molar-refractivity contribution >= 4 is 5.91 Å². The number of hydrogen-bond donors (Lipinski definition) is 0. The van der Waals surface area contributed by atoms with Crippen LogP contribution in [0.15, 0.2) is 10.6 Å². The quantitative estimate of drug-likeness (QED) is 0.831. The number of rotatable bonds is 4. The largest absolute Gasteiger partial charge is 0.479 e. The van der Waals surface area contributed by atoms with Crippen LogP contribution in [0, 0.1) is 5.41 Å². The Hall–Kier alpha value is -1.60. The summed E-state index contributed by atoms with van der Waals surface area (Å²) in [7, 11) is 5.42. The first-order valence-electron chi connectivity index (χ1n) is 8.06. The molecule has 0 aromatic carbocycles. The van der Waals surface area contributed by atoms with Crippen molar-refractivity contribution in [3.63, 3.8) is 0 Å². The topological polar surface area (TPSA) is 68.0 Å². The number of piperidine rings is 1. The maximum absolute atomic E-state index is 12.5. The number of methoxy groups -OCH3 is 2. The Kier molecular flexibility index (Phi) is 4.59. The smallest absolute Gasteiger partial charge is 0.292 e. The molecular formula is C16H25N3O4. The highest BCUT2D eigenvalue weighted by atomic mass is 16.5. The van der Waals surface area contributed by atoms with Crippen LogP contribution >= 0.6 is 0 Å². The van der Waals surface area contributed by atoms with Gasteiger partial charge in [-0.1, -0.05) is 0 Å². The molecule has 3 rings (SSSR count). The molecule has 7 heteroatoms. The van der Waals surface area contributed by atoms with Crippen molar-refractivity contribution in [1.82, 2.24) is 15.0 Å². The molecule has 7 nitrogen and oxygen atoms in total. The molecule has 0 N–H and O–H groups in total. The summed E-state index contributed by atoms with van der Waals surface area (Å²) in [4.78, 5) is 16.7. The molecule has 0 bridgehead atoms. The SMILES string of the molecule is COCC1CC2(CCN(C(=O)c3cc(OC)no3)CC2)CN1C. The van der Waals surface area contributed by atoms with Gasteiger partial charge in [0.1, 0.15) is 0 Å². The van der Waals surface area contributed by atoms with Crippen LogP contribution in [-0.2, 0) is 4.74 Å². The molecule has 3 heterocycles. The first-order valence-corrected chi connectivity index (χ1v) is 8.06. The van der Waals surface area contributed by atoms with Crippen LogP contribution in [0.3, 0.4) is 0 Å². The average Bonchev–Trinajstić information content (AvgIpc) is 3.14. The number of likely N-dealkylation sites (N-methyl/N-ethyl adjacent to an activating group) is 1. The second-order valence-electron chi connectivity index (χ2n) is 6.75. The lowest BCUT2D eigenvalue weighted by molar-refractivity contribution is 0.0553. The monoisotopic (exact) mass is 323 g/mol. The van der Waals surface area contributed by atoms with E-state index in [0.717, 1.165) is 45.5 Å². The van der Waals surface area contributed by atoms with E-state index in [1.54, 1.807) is 13.2 Å². The van der Waals surface area contributed by atoms with E-state index in [9.17, 15) is 4.79 Å². The zero-order chi connectivity index (χ0) is 16.4. The zero-order valence-electron chi connectivity index (χ0n) is 14.1. The Morgan fingerprint density at radius 1 is 1.43 bits per heavy atom. The maximum Gasteiger partial charge on any atom is 0.292 e. The van der Waals surface area contributed by atoms with E-state index in [1.165, 1.54) is 7.11 Å². The van der Waals surface area contributed by atoms with Crippen LogP contribution < -0.4 is 4.74 Å². The van der Waals surface area contributed by atoms with Gasteiger partial charge in [0.25, 0.3) is 11.8 Å². The molecule has 128 valence electrons. The van der Waals surface area contributed by atoms with E-state index in [1.807, 2.05) is 4.90 Å². The van der Waals surface area contributed by atoms with E-state index < -0.39 is 0 Å². The Morgan fingerprint density at radius 3 is 2.78 bits per heavy atom. The Bertz CT molecular complexity index is 551. The third-order valence-electron chi connectivity index (χ3n) is 5.26. The summed E-state index contributed by atoms with van der Waals surface area (Å²) in [6.45, 7) is 3.38. The van der Waals surface area contributed by atoms with Gasteiger partial charge in [0.2, 0.25) is 5.76 Å². The number of carbonyl (C=O) groups excluding carboxylic acids is 1. The molecule has 2 fully saturated rings. The maximum atomic E-state index is 12.5. The van der Waals surface area contributed by atoms with Crippen LogP contribution in [0.5, 0.6) is 5.88 Å². The summed E-state index contributed by atoms with van der Waals surface area (Å²) in [5.41, 5.74) is 0.313. The molecule has 2 aliphatic rings. The molecule has 1 atom stereocenters. The fraction of sp³-hybridized carbons (Fsp3) is 0.750. The van der Waals surface area contributed by atoms with Gasteiger partial charge in [0.05, 0.1) is 19.8 Å². The van der Waals surface area contributed by atoms with Gasteiger partial charge in [-0.25, -0.2) is 0 Å². The molecule has 0 radical (unpaired) electrons. The molecule has 0 aliphatic carbocycles. The highest BCUT2D eigenvalue weighted by Gasteiger charge is 2.44. The number of hydrogen-bond acceptors (Lipinski definition) is 6. The van der Waals surface area contributed by atoms with E-state index >= 15 is 0 Å². The van der Waals surface area contributed by atoms with E-state index in [0.29, 0.717) is 17.3 Å². The van der Waals surface area contributed by atoms with Gasteiger partial charge in [-0.05, 0) is 36.9 Å². The predicted molar refractivity (Wildman–Crippen MR) is 83.5 cm³/mol. The third kappa shape index (κ3) is 3.21. The summed E-state index contributed by atoms with van der Waals surface area (Å²) in [6.07, 6.45) is 3.19. The van der Waals surface area contributed by atoms with Gasteiger partial charge in [-0.15, -0.1) is 0 Å². The van der Waals surface area contributed by atoms with Crippen molar-refractivity contribution in [2.24, 2.45) is 5.41 Å². The lowest BCUT2D eigenvalue weighted by Crippen LogP contribution is -2.44. The molecule has 1 unspecified atom stereocenters. The molecule has 2 saturated heterocycles. The van der Waals surface area contributed by atoms with Crippen molar-refractivity contribution in [2.45, 2.75) is 25.3 Å². The highest BCUT2D eigenvalue weighted by Crippen LogP contribution is 2.43. The Morgan fingerprint density at radius 2 is 2.17 bits per heavy atom. The minimum Gasteiger partial charge on any atom is -0.479 e. The van der Waals surface area contributed by atoms with Crippen molar-refractivity contribution < 1.29 is 18.8 Å². The van der Waals surface area contributed by atoms with Crippen molar-refractivity contribution in [2.75, 3.05) is 47.5 Å². The summed E-state index contributed by atoms with van der Waals surface area (Å²) >= 11 is 0. The zero-order valence-corrected chi connectivity index (χ0v) is 14.1. The molecule has 0 saturated carbocycles. The summed E-state index contributed by atoms with van der Waals surface area (Å²) in [5.74, 6) is 0.482. The molecule has 1 aromatic rings. The van der Waals surface area contributed by atoms with Crippen LogP contribution in [0.25, 0.3) is 0 Å². The first-order chi connectivity index (χ1) is 11.1. The minimum atomic E-state index is -0.101. The van der Waals surface area contributed by atoms with Crippen LogP contribution in [-0.4, -0.2) is 74.4 Å². The highest BCUT2D eigenvalue weighted by molar-refractivity contribution is 5.91. The molecule has 23 heavy (non-hydrogen) atoms. The first kappa shape index (κ1) is 16.3. The lowest BCUT2D eigenvalue weighted by Gasteiger charge is -2.38. The molecule has 2 aliphatic heterocycles. The predicted octanol–water partition coefficient (Wildman–Crippen LogP) is 1.26. The fourth-order valence-corrected chi connectivity index (χ4v) is 3.92. The Balaban J connectivity index is 1.59. The van der Waals surface area contributed by atoms with E-state index in [2.05, 4.69) is 17.1 Å². The number of likely N-dealkylation sites (tertiary alicyclic amines) is 2. The van der Waals surface area contributed by atoms with E-state index in [4.69, 9.17) is 14.0 Å². The number of carbonyl (C=O) groups is 1. The summed E-state index contributed by atoms with van der Waals surface area (Å²) in [5, 5.41) is 3.70. The fourth-order valence-electron chi connectivity index (χ4n) is 3.92. The van der Waals surface area contributed by atoms with Gasteiger partial charge in [-0.2, -0.15) is 0 Å². The van der Waals surface area contributed by atoms with Gasteiger partial charge in [-0.3, -0.25) is 4.79 Å². The number of ether oxygens (including phenoxy) is 2. The summed E-state index contributed by atoms with van der Waals surface area (Å²) in [6, 6.07) is 2.03. The summed E-state index contributed by atoms with van der Waals surface area (Å²) < 4.78 is 15.3. The second kappa shape index (κ2) is 6.49. The van der Waals surface area contributed by atoms with Gasteiger partial charge in [0, 0.05) is 32.8 Å². The van der Waals surface area contributed by atoms with Gasteiger partial charge in [0.15, 0.2) is 0 Å². The Labute approximate surface area is 136 Å². The second-order valence-corrected chi connectivity index (χ2v) is 6.75. The van der Waals surface area contributed by atoms with Crippen molar-refractivity contribution in [1.29, 1.82) is 0 Å². The van der Waals surface area contributed by atoms with Crippen molar-refractivity contribution in [3.05, 3.63) is 11.8 Å². The average molecular weight is 323 g/mol. The van der Waals surface area contributed by atoms with Crippen LogP contribution in [0.1, 0.15) is 29.8 Å². The normalized spacial score (nSPS) is 24.3. The van der Waals surface area contributed by atoms with Gasteiger partial charge < -0.3 is 23.8 Å². The van der Waals surface area contributed by atoms with Gasteiger partial charge >= 0.3 is 0 Å². The van der Waals surface area contributed by atoms with E-state index in [-0.39, 0.29) is 11.7 Å². The van der Waals surface area contributed by atoms with Crippen molar-refractivity contribution in [3.8, 4) is 5.88 Å². The lowest BCUT2D eigenvalue weighted by atomic mass is 9.76. The molecular weight excluding hydrogens is 298 g/mol. The number of aromatic nitrogens is 1. The molecule has 1 aromatic heterocycles. The molecule has 1 amide bonds. The standard InChI is InChI=1S/C16H25N3O4/c1-18-11-16(9-12(18)10-21-2)4-6-19(7-5-16)15(20)13-8-14(22-3)17-23-13/h8,12H,4-7,9-11H2,1-3H3. The number of nitrogens with zero attached hydrogens (tertiary/aromatic N) is 3. The molecule has 1 spiro atoms. The van der Waals surface area contributed by atoms with Crippen LogP contribution in [0.2, 0.25) is 0 Å². The van der Waals surface area contributed by atoms with Crippen LogP contribution in [0.4, 0.5) is 0 Å². The third-order valence-corrected chi connectivity index (χ3v) is 5.26.